The molecule has 44 heavy (non-hydrogen) atoms. The zero-order chi connectivity index (χ0) is 31.4. The number of hydrogen-bond donors (Lipinski definition) is 0. The Morgan fingerprint density at radius 3 is 2.64 bits per heavy atom. The zero-order valence-electron chi connectivity index (χ0n) is 23.5. The van der Waals surface area contributed by atoms with Gasteiger partial charge in [0.05, 0.1) is 38.1 Å². The first-order valence-electron chi connectivity index (χ1n) is 13.7. The van der Waals surface area contributed by atoms with Gasteiger partial charge in [-0.15, -0.1) is 0 Å². The molecule has 230 valence electrons. The highest BCUT2D eigenvalue weighted by Gasteiger charge is 2.52. The Bertz CT molecular complexity index is 1880. The number of Topliss-reactive ketones (excluding diaryl/α,β-unsaturated/α-hetero) is 1. The van der Waals surface area contributed by atoms with Crippen molar-refractivity contribution in [3.05, 3.63) is 95.6 Å². The van der Waals surface area contributed by atoms with E-state index in [2.05, 4.69) is 20.9 Å². The van der Waals surface area contributed by atoms with Crippen LogP contribution in [0.3, 0.4) is 0 Å². The third-order valence-electron chi connectivity index (χ3n) is 8.31. The Kier molecular flexibility index (Phi) is 7.31. The fraction of sp³-hybridized carbons (Fsp3) is 0.300. The summed E-state index contributed by atoms with van der Waals surface area (Å²) in [5, 5.41) is 3.97. The molecular weight excluding hydrogens is 603 g/mol. The number of aromatic nitrogens is 5. The predicted molar refractivity (Wildman–Crippen MR) is 153 cm³/mol. The zero-order valence-corrected chi connectivity index (χ0v) is 24.3. The normalized spacial score (nSPS) is 21.3. The van der Waals surface area contributed by atoms with Crippen molar-refractivity contribution >= 4 is 27.4 Å². The van der Waals surface area contributed by atoms with Gasteiger partial charge in [0.25, 0.3) is 0 Å². The van der Waals surface area contributed by atoms with Crippen LogP contribution in [0.25, 0.3) is 11.8 Å². The number of nitrogens with zero attached hydrogens (tertiary/aromatic N) is 6. The van der Waals surface area contributed by atoms with Gasteiger partial charge in [0.1, 0.15) is 18.1 Å². The maximum atomic E-state index is 14.3. The number of hydrogen-bond acceptors (Lipinski definition) is 5. The number of pyridine rings is 2. The second kappa shape index (κ2) is 10.8. The summed E-state index contributed by atoms with van der Waals surface area (Å²) in [5.74, 6) is 1.87. The first kappa shape index (κ1) is 29.9. The van der Waals surface area contributed by atoms with Gasteiger partial charge < -0.3 is 4.57 Å². The Morgan fingerprint density at radius 1 is 1.18 bits per heavy atom. The van der Waals surface area contributed by atoms with E-state index in [9.17, 15) is 31.0 Å². The van der Waals surface area contributed by atoms with Crippen molar-refractivity contribution in [3.8, 4) is 5.69 Å². The summed E-state index contributed by atoms with van der Waals surface area (Å²) in [6.45, 7) is -1.52. The number of carbonyl (C=O) groups excluding carboxylic acids is 1. The van der Waals surface area contributed by atoms with E-state index >= 15 is 0 Å². The van der Waals surface area contributed by atoms with E-state index in [1.54, 1.807) is 29.9 Å². The molecule has 0 spiro atoms. The summed E-state index contributed by atoms with van der Waals surface area (Å²) in [7, 11) is -2.13. The van der Waals surface area contributed by atoms with Crippen molar-refractivity contribution in [2.75, 3.05) is 6.54 Å². The van der Waals surface area contributed by atoms with Crippen molar-refractivity contribution in [2.24, 2.45) is 12.5 Å². The standard InChI is InChI=1S/C30H27F5N6O2S/c1-39-17-24(16-38-39)44(2,43)41(18-30(33,34)35)22-4-3-20-11-26-19(8-10-40(26)23-5-6-27(32)37-15-23)13-29(20,14-22)28(42)25-12-21(31)7-9-36-25/h5-12,15-17,22H,2-4,13-14,18H2,1H3/t22-,29-,44?/m0/s1. The summed E-state index contributed by atoms with van der Waals surface area (Å²) in [6, 6.07) is 5.68. The molecular formula is C30H27F5N6O2S. The summed E-state index contributed by atoms with van der Waals surface area (Å²) in [5.41, 5.74) is 1.06. The third-order valence-corrected chi connectivity index (χ3v) is 10.4. The molecule has 1 fully saturated rings. The SMILES string of the molecule is C=S(=O)(c1cnn(C)c1)N(CC(F)(F)F)[C@H]1CCC2=Cc3c(ccn3-c3ccc(F)nc3)C[C@]2(C(=O)c2cc(F)ccn2)C1. The number of halogens is 5. The van der Waals surface area contributed by atoms with E-state index in [0.717, 1.165) is 22.6 Å². The minimum atomic E-state index is -4.72. The van der Waals surface area contributed by atoms with Gasteiger partial charge in [0.15, 0.2) is 5.78 Å². The average molecular weight is 631 g/mol. The Hall–Kier alpha value is -4.17. The smallest absolute Gasteiger partial charge is 0.315 e. The molecule has 6 rings (SSSR count). The summed E-state index contributed by atoms with van der Waals surface area (Å²) in [4.78, 5) is 22.2. The molecule has 0 aromatic carbocycles. The molecule has 1 unspecified atom stereocenters. The van der Waals surface area contributed by atoms with Gasteiger partial charge in [0, 0.05) is 43.4 Å². The molecule has 14 heteroatoms. The van der Waals surface area contributed by atoms with Crippen LogP contribution < -0.4 is 0 Å². The highest BCUT2D eigenvalue weighted by molar-refractivity contribution is 7.98. The van der Waals surface area contributed by atoms with Crippen molar-refractivity contribution in [1.82, 2.24) is 28.6 Å². The number of carbonyl (C=O) groups is 1. The van der Waals surface area contributed by atoms with Gasteiger partial charge in [-0.05, 0) is 67.5 Å². The lowest BCUT2D eigenvalue weighted by Crippen LogP contribution is -2.52. The highest BCUT2D eigenvalue weighted by Crippen LogP contribution is 2.52. The van der Waals surface area contributed by atoms with Crippen LogP contribution >= 0.6 is 0 Å². The van der Waals surface area contributed by atoms with Crippen LogP contribution in [-0.4, -0.2) is 63.2 Å². The van der Waals surface area contributed by atoms with Crippen molar-refractivity contribution in [2.45, 2.75) is 42.8 Å². The van der Waals surface area contributed by atoms with Crippen LogP contribution in [-0.2, 0) is 23.2 Å². The molecule has 4 aromatic heterocycles. The van der Waals surface area contributed by atoms with Crippen LogP contribution in [0.1, 0.15) is 41.0 Å². The highest BCUT2D eigenvalue weighted by atomic mass is 32.2. The predicted octanol–water partition coefficient (Wildman–Crippen LogP) is 5.20. The van der Waals surface area contributed by atoms with Gasteiger partial charge in [-0.1, -0.05) is 5.57 Å². The van der Waals surface area contributed by atoms with Crippen LogP contribution in [0, 0.1) is 17.2 Å². The molecule has 0 radical (unpaired) electrons. The number of alkyl halides is 3. The topological polar surface area (TPSA) is 85.9 Å². The first-order valence-corrected chi connectivity index (χ1v) is 15.3. The number of allylic oxidation sites excluding steroid dienone is 1. The van der Waals surface area contributed by atoms with Crippen molar-refractivity contribution < 1.29 is 31.0 Å². The molecule has 2 aliphatic carbocycles. The van der Waals surface area contributed by atoms with Gasteiger partial charge in [-0.3, -0.25) is 14.5 Å². The Labute approximate surface area is 250 Å². The lowest BCUT2D eigenvalue weighted by molar-refractivity contribution is -0.140. The maximum Gasteiger partial charge on any atom is 0.402 e. The lowest BCUT2D eigenvalue weighted by Gasteiger charge is -2.47. The van der Waals surface area contributed by atoms with E-state index in [4.69, 9.17) is 0 Å². The minimum Gasteiger partial charge on any atom is -0.315 e. The Morgan fingerprint density at radius 2 is 1.98 bits per heavy atom. The molecule has 0 amide bonds. The largest absolute Gasteiger partial charge is 0.402 e. The first-order chi connectivity index (χ1) is 20.8. The number of rotatable bonds is 7. The van der Waals surface area contributed by atoms with Crippen LogP contribution in [0.4, 0.5) is 22.0 Å². The van der Waals surface area contributed by atoms with E-state index in [-0.39, 0.29) is 36.3 Å². The van der Waals surface area contributed by atoms with Crippen LogP contribution in [0.15, 0.2) is 71.8 Å². The fourth-order valence-corrected chi connectivity index (χ4v) is 8.12. The molecule has 3 atom stereocenters. The molecule has 1 saturated carbocycles. The van der Waals surface area contributed by atoms with Gasteiger partial charge in [0.2, 0.25) is 5.95 Å². The number of aryl methyl sites for hydroxylation is 1. The molecule has 0 saturated heterocycles. The van der Waals surface area contributed by atoms with Gasteiger partial charge in [-0.25, -0.2) is 17.9 Å². The monoisotopic (exact) mass is 630 g/mol. The van der Waals surface area contributed by atoms with E-state index in [1.807, 2.05) is 6.08 Å². The molecule has 8 nitrogen and oxygen atoms in total. The molecule has 2 aliphatic rings. The second-order valence-electron chi connectivity index (χ2n) is 11.1. The van der Waals surface area contributed by atoms with Crippen LogP contribution in [0.5, 0.6) is 0 Å². The number of fused-ring (bicyclic) bond motifs is 2. The molecule has 0 N–H and O–H groups in total. The van der Waals surface area contributed by atoms with Crippen LogP contribution in [0.2, 0.25) is 0 Å². The molecule has 0 bridgehead atoms. The number of ketones is 1. The molecule has 4 heterocycles. The lowest BCUT2D eigenvalue weighted by atomic mass is 9.60. The summed E-state index contributed by atoms with van der Waals surface area (Å²) >= 11 is 0. The quantitative estimate of drug-likeness (QED) is 0.121. The fourth-order valence-electron chi connectivity index (χ4n) is 6.30. The van der Waals surface area contributed by atoms with E-state index in [0.29, 0.717) is 22.5 Å². The maximum absolute atomic E-state index is 14.3. The third kappa shape index (κ3) is 5.36. The minimum absolute atomic E-state index is 0.0358. The van der Waals surface area contributed by atoms with Crippen molar-refractivity contribution in [3.63, 3.8) is 0 Å². The average Bonchev–Trinajstić information content (AvgIpc) is 3.60. The summed E-state index contributed by atoms with van der Waals surface area (Å²) in [6.07, 6.45) is 4.23. The van der Waals surface area contributed by atoms with E-state index < -0.39 is 51.4 Å². The van der Waals surface area contributed by atoms with E-state index in [1.165, 1.54) is 29.3 Å². The van der Waals surface area contributed by atoms with Crippen molar-refractivity contribution in [1.29, 1.82) is 0 Å². The summed E-state index contributed by atoms with van der Waals surface area (Å²) < 4.78 is 87.9. The van der Waals surface area contributed by atoms with Gasteiger partial charge in [-0.2, -0.15) is 22.7 Å². The molecule has 4 aromatic rings. The Balaban J connectivity index is 1.46. The second-order valence-corrected chi connectivity index (χ2v) is 13.4. The molecule has 0 aliphatic heterocycles. The van der Waals surface area contributed by atoms with Gasteiger partial charge >= 0.3 is 6.18 Å².